The highest BCUT2D eigenvalue weighted by Crippen LogP contribution is 2.37. The van der Waals surface area contributed by atoms with Gasteiger partial charge in [0.05, 0.1) is 12.8 Å². The Hall–Kier alpha value is -2.05. The Morgan fingerprint density at radius 3 is 2.50 bits per heavy atom. The number of methoxy groups -OCH3 is 1. The van der Waals surface area contributed by atoms with E-state index in [1.165, 1.54) is 6.42 Å². The van der Waals surface area contributed by atoms with Crippen LogP contribution in [-0.2, 0) is 0 Å². The average Bonchev–Trinajstić information content (AvgIpc) is 3.32. The van der Waals surface area contributed by atoms with Gasteiger partial charge in [-0.2, -0.15) is 5.10 Å². The lowest BCUT2D eigenvalue weighted by Gasteiger charge is -2.38. The Morgan fingerprint density at radius 2 is 1.88 bits per heavy atom. The molecule has 0 saturated carbocycles. The van der Waals surface area contributed by atoms with Crippen molar-refractivity contribution in [2.75, 3.05) is 33.3 Å². The summed E-state index contributed by atoms with van der Waals surface area (Å²) in [7, 11) is 1.64. The van der Waals surface area contributed by atoms with E-state index in [0.29, 0.717) is 11.1 Å². The number of hydrogen-bond acceptors (Lipinski definition) is 4. The molecule has 1 aromatic carbocycles. The van der Waals surface area contributed by atoms with Crippen LogP contribution in [0.25, 0.3) is 5.69 Å². The Morgan fingerprint density at radius 1 is 1.15 bits per heavy atom. The summed E-state index contributed by atoms with van der Waals surface area (Å²) in [6.45, 7) is 3.87. The summed E-state index contributed by atoms with van der Waals surface area (Å²) < 4.78 is 6.91. The highest BCUT2D eigenvalue weighted by Gasteiger charge is 2.38. The van der Waals surface area contributed by atoms with Gasteiger partial charge in [-0.05, 0) is 61.6 Å². The number of benzene rings is 1. The third kappa shape index (κ3) is 3.57. The molecule has 1 amide bonds. The second-order valence-electron chi connectivity index (χ2n) is 7.06. The fourth-order valence-corrected chi connectivity index (χ4v) is 3.89. The minimum atomic E-state index is 0. The number of halogens is 1. The Bertz CT molecular complexity index is 743. The van der Waals surface area contributed by atoms with E-state index in [-0.39, 0.29) is 18.3 Å². The van der Waals surface area contributed by atoms with Crippen LogP contribution >= 0.6 is 12.4 Å². The van der Waals surface area contributed by atoms with Crippen molar-refractivity contribution >= 4 is 18.3 Å². The number of carbonyl (C=O) groups is 1. The van der Waals surface area contributed by atoms with Gasteiger partial charge in [-0.15, -0.1) is 12.4 Å². The van der Waals surface area contributed by atoms with Crippen molar-refractivity contribution in [3.63, 3.8) is 0 Å². The van der Waals surface area contributed by atoms with E-state index in [2.05, 4.69) is 10.4 Å². The van der Waals surface area contributed by atoms with E-state index in [0.717, 1.165) is 50.5 Å². The first-order valence-electron chi connectivity index (χ1n) is 8.89. The van der Waals surface area contributed by atoms with Gasteiger partial charge in [-0.25, -0.2) is 4.68 Å². The summed E-state index contributed by atoms with van der Waals surface area (Å²) in [5.74, 6) is 0.837. The summed E-state index contributed by atoms with van der Waals surface area (Å²) in [4.78, 5) is 14.7. The largest absolute Gasteiger partial charge is 0.497 e. The first-order chi connectivity index (χ1) is 12.2. The Labute approximate surface area is 159 Å². The molecule has 4 rings (SSSR count). The number of carbonyl (C=O) groups excluding carboxylic acids is 1. The van der Waals surface area contributed by atoms with Crippen molar-refractivity contribution in [2.45, 2.75) is 19.3 Å². The molecular formula is C19H25ClN4O2. The van der Waals surface area contributed by atoms with E-state index in [9.17, 15) is 4.79 Å². The van der Waals surface area contributed by atoms with Crippen LogP contribution in [0.5, 0.6) is 5.75 Å². The molecule has 26 heavy (non-hydrogen) atoms. The standard InChI is InChI=1S/C19H24N4O2.ClH/c1-25-16-4-2-15(3-5-16)23-11-6-17(21-23)18(24)22-12-8-19(9-13-22)7-10-20-14-19;/h2-6,11,20H,7-10,12-14H2,1H3;1H. The van der Waals surface area contributed by atoms with Crippen LogP contribution in [0.2, 0.25) is 0 Å². The molecule has 2 aliphatic heterocycles. The highest BCUT2D eigenvalue weighted by molar-refractivity contribution is 5.92. The second-order valence-corrected chi connectivity index (χ2v) is 7.06. The second kappa shape index (κ2) is 7.68. The molecule has 0 radical (unpaired) electrons. The first-order valence-corrected chi connectivity index (χ1v) is 8.89. The Kier molecular flexibility index (Phi) is 5.53. The number of aromatic nitrogens is 2. The van der Waals surface area contributed by atoms with E-state index in [1.54, 1.807) is 17.9 Å². The topological polar surface area (TPSA) is 59.4 Å². The fourth-order valence-electron chi connectivity index (χ4n) is 3.89. The van der Waals surface area contributed by atoms with Gasteiger partial charge in [-0.1, -0.05) is 0 Å². The number of nitrogens with one attached hydrogen (secondary N) is 1. The van der Waals surface area contributed by atoms with E-state index >= 15 is 0 Å². The van der Waals surface area contributed by atoms with E-state index in [4.69, 9.17) is 4.74 Å². The third-order valence-electron chi connectivity index (χ3n) is 5.59. The quantitative estimate of drug-likeness (QED) is 0.894. The molecular weight excluding hydrogens is 352 g/mol. The lowest BCUT2D eigenvalue weighted by atomic mass is 9.78. The monoisotopic (exact) mass is 376 g/mol. The SMILES string of the molecule is COc1ccc(-n2ccc(C(=O)N3CCC4(CCNC4)CC3)n2)cc1.Cl. The molecule has 0 bridgehead atoms. The van der Waals surface area contributed by atoms with Crippen molar-refractivity contribution in [2.24, 2.45) is 5.41 Å². The Balaban J connectivity index is 0.00000196. The maximum Gasteiger partial charge on any atom is 0.274 e. The number of likely N-dealkylation sites (tertiary alicyclic amines) is 1. The van der Waals surface area contributed by atoms with Gasteiger partial charge in [0.25, 0.3) is 5.91 Å². The van der Waals surface area contributed by atoms with Gasteiger partial charge >= 0.3 is 0 Å². The molecule has 2 aromatic rings. The molecule has 2 fully saturated rings. The molecule has 3 heterocycles. The molecule has 1 spiro atoms. The number of rotatable bonds is 3. The number of ether oxygens (including phenoxy) is 1. The zero-order valence-corrected chi connectivity index (χ0v) is 15.8. The molecule has 140 valence electrons. The molecule has 0 atom stereocenters. The fraction of sp³-hybridized carbons (Fsp3) is 0.474. The van der Waals surface area contributed by atoms with Crippen LogP contribution < -0.4 is 10.1 Å². The molecule has 0 aliphatic carbocycles. The summed E-state index contributed by atoms with van der Waals surface area (Å²) in [6.07, 6.45) is 5.25. The zero-order valence-electron chi connectivity index (χ0n) is 15.0. The lowest BCUT2D eigenvalue weighted by Crippen LogP contribution is -2.44. The van der Waals surface area contributed by atoms with Crippen molar-refractivity contribution in [1.29, 1.82) is 0 Å². The van der Waals surface area contributed by atoms with Crippen molar-refractivity contribution in [1.82, 2.24) is 20.0 Å². The summed E-state index contributed by atoms with van der Waals surface area (Å²) in [5.41, 5.74) is 1.84. The van der Waals surface area contributed by atoms with Gasteiger partial charge < -0.3 is 15.0 Å². The molecule has 1 aromatic heterocycles. The molecule has 1 N–H and O–H groups in total. The van der Waals surface area contributed by atoms with Crippen LogP contribution in [0, 0.1) is 5.41 Å². The predicted octanol–water partition coefficient (Wildman–Crippen LogP) is 2.52. The predicted molar refractivity (Wildman–Crippen MR) is 102 cm³/mol. The van der Waals surface area contributed by atoms with Gasteiger partial charge in [0.1, 0.15) is 5.75 Å². The van der Waals surface area contributed by atoms with E-state index < -0.39 is 0 Å². The molecule has 6 nitrogen and oxygen atoms in total. The number of piperidine rings is 1. The van der Waals surface area contributed by atoms with Crippen LogP contribution in [0.4, 0.5) is 0 Å². The molecule has 7 heteroatoms. The van der Waals surface area contributed by atoms with Gasteiger partial charge in [-0.3, -0.25) is 4.79 Å². The molecule has 2 aliphatic rings. The van der Waals surface area contributed by atoms with Crippen molar-refractivity contribution in [3.05, 3.63) is 42.2 Å². The average molecular weight is 377 g/mol. The molecule has 2 saturated heterocycles. The van der Waals surface area contributed by atoms with Gasteiger partial charge in [0.15, 0.2) is 5.69 Å². The van der Waals surface area contributed by atoms with Crippen molar-refractivity contribution < 1.29 is 9.53 Å². The summed E-state index contributed by atoms with van der Waals surface area (Å²) >= 11 is 0. The van der Waals surface area contributed by atoms with Crippen LogP contribution in [0.15, 0.2) is 36.5 Å². The minimum absolute atomic E-state index is 0. The highest BCUT2D eigenvalue weighted by atomic mass is 35.5. The smallest absolute Gasteiger partial charge is 0.274 e. The summed E-state index contributed by atoms with van der Waals surface area (Å²) in [6, 6.07) is 9.43. The van der Waals surface area contributed by atoms with Crippen LogP contribution in [0.3, 0.4) is 0 Å². The zero-order chi connectivity index (χ0) is 17.3. The normalized spacial score (nSPS) is 18.6. The number of amides is 1. The van der Waals surface area contributed by atoms with Gasteiger partial charge in [0.2, 0.25) is 0 Å². The minimum Gasteiger partial charge on any atom is -0.497 e. The van der Waals surface area contributed by atoms with Crippen LogP contribution in [0.1, 0.15) is 29.8 Å². The van der Waals surface area contributed by atoms with Crippen LogP contribution in [-0.4, -0.2) is 53.9 Å². The maximum atomic E-state index is 12.8. The van der Waals surface area contributed by atoms with E-state index in [1.807, 2.05) is 35.4 Å². The maximum absolute atomic E-state index is 12.8. The van der Waals surface area contributed by atoms with Gasteiger partial charge in [0, 0.05) is 25.8 Å². The summed E-state index contributed by atoms with van der Waals surface area (Å²) in [5, 5.41) is 7.93. The third-order valence-corrected chi connectivity index (χ3v) is 5.59. The number of hydrogen-bond donors (Lipinski definition) is 1. The lowest BCUT2D eigenvalue weighted by molar-refractivity contribution is 0.0601. The molecule has 0 unspecified atom stereocenters. The first kappa shape index (κ1) is 18.7. The van der Waals surface area contributed by atoms with Crippen molar-refractivity contribution in [3.8, 4) is 11.4 Å². The number of nitrogens with zero attached hydrogens (tertiary/aromatic N) is 3.